The van der Waals surface area contributed by atoms with Crippen LogP contribution < -0.4 is 10.5 Å². The first kappa shape index (κ1) is 14.6. The quantitative estimate of drug-likeness (QED) is 0.848. The van der Waals surface area contributed by atoms with Gasteiger partial charge in [-0.05, 0) is 13.0 Å². The Hall–Kier alpha value is -1.44. The molecular weight excluding hydrogens is 228 g/mol. The first-order valence-electron chi connectivity index (χ1n) is 4.77. The summed E-state index contributed by atoms with van der Waals surface area (Å²) in [7, 11) is 0. The monoisotopic (exact) mass is 242 g/mol. The van der Waals surface area contributed by atoms with Crippen LogP contribution in [0, 0.1) is 11.3 Å². The molecule has 0 spiro atoms. The predicted octanol–water partition coefficient (Wildman–Crippen LogP) is 2.13. The van der Waals surface area contributed by atoms with Crippen molar-refractivity contribution in [3.8, 4) is 17.6 Å². The molecule has 0 aliphatic rings. The van der Waals surface area contributed by atoms with Crippen molar-refractivity contribution in [2.24, 2.45) is 5.73 Å². The molecule has 0 bridgehead atoms. The third-order valence-corrected chi connectivity index (χ3v) is 2.04. The molecule has 5 heteroatoms. The Morgan fingerprint density at radius 2 is 2.25 bits per heavy atom. The molecule has 3 N–H and O–H groups in total. The topological polar surface area (TPSA) is 79.3 Å². The van der Waals surface area contributed by atoms with Crippen LogP contribution in [-0.2, 0) is 0 Å². The Bertz CT molecular complexity index is 377. The highest BCUT2D eigenvalue weighted by Gasteiger charge is 2.13. The lowest BCUT2D eigenvalue weighted by Gasteiger charge is -2.13. The second kappa shape index (κ2) is 6.94. The maximum Gasteiger partial charge on any atom is 0.162 e. The Balaban J connectivity index is 0.00000225. The van der Waals surface area contributed by atoms with E-state index in [4.69, 9.17) is 15.7 Å². The third-order valence-electron chi connectivity index (χ3n) is 2.04. The maximum absolute atomic E-state index is 9.80. The second-order valence-electron chi connectivity index (χ2n) is 3.10. The molecule has 1 aromatic carbocycles. The minimum Gasteiger partial charge on any atom is -0.504 e. The van der Waals surface area contributed by atoms with Crippen molar-refractivity contribution in [1.29, 1.82) is 5.26 Å². The van der Waals surface area contributed by atoms with Gasteiger partial charge in [0.25, 0.3) is 0 Å². The lowest BCUT2D eigenvalue weighted by Crippen LogP contribution is -2.09. The number of nitriles is 1. The number of nitrogens with two attached hydrogens (primary N) is 1. The van der Waals surface area contributed by atoms with Gasteiger partial charge in [0.15, 0.2) is 11.5 Å². The minimum absolute atomic E-state index is 0. The summed E-state index contributed by atoms with van der Waals surface area (Å²) in [5.41, 5.74) is 6.28. The van der Waals surface area contributed by atoms with E-state index in [1.807, 2.05) is 13.0 Å². The number of nitrogens with zero attached hydrogens (tertiary/aromatic N) is 1. The van der Waals surface area contributed by atoms with Crippen molar-refractivity contribution < 1.29 is 9.84 Å². The number of phenols is 1. The molecule has 0 unspecified atom stereocenters. The Labute approximate surface area is 101 Å². The number of rotatable bonds is 4. The van der Waals surface area contributed by atoms with E-state index in [0.717, 1.165) is 0 Å². The zero-order valence-corrected chi connectivity index (χ0v) is 9.83. The van der Waals surface area contributed by atoms with Gasteiger partial charge in [0.05, 0.1) is 19.1 Å². The molecule has 1 atom stereocenters. The summed E-state index contributed by atoms with van der Waals surface area (Å²) >= 11 is 0. The molecule has 0 fully saturated rings. The van der Waals surface area contributed by atoms with Crippen molar-refractivity contribution in [2.75, 3.05) is 6.61 Å². The molecular formula is C11H15ClN2O2. The van der Waals surface area contributed by atoms with Crippen LogP contribution in [0.2, 0.25) is 0 Å². The molecule has 88 valence electrons. The molecule has 0 radical (unpaired) electrons. The number of para-hydroxylation sites is 1. The summed E-state index contributed by atoms with van der Waals surface area (Å²) < 4.78 is 5.22. The van der Waals surface area contributed by atoms with Gasteiger partial charge in [-0.15, -0.1) is 12.4 Å². The van der Waals surface area contributed by atoms with E-state index >= 15 is 0 Å². The van der Waals surface area contributed by atoms with Gasteiger partial charge in [0, 0.05) is 11.6 Å². The van der Waals surface area contributed by atoms with E-state index in [1.165, 1.54) is 0 Å². The standard InChI is InChI=1S/C11H14N2O2.ClH/c1-2-15-10-5-3-4-8(11(10)14)9(13)6-7-12;/h3-5,9,14H,2,6,13H2,1H3;1H/t9-;/m0./s1. The lowest BCUT2D eigenvalue weighted by molar-refractivity contribution is 0.316. The van der Waals surface area contributed by atoms with Gasteiger partial charge in [-0.1, -0.05) is 12.1 Å². The van der Waals surface area contributed by atoms with Gasteiger partial charge in [-0.3, -0.25) is 0 Å². The number of ether oxygens (including phenoxy) is 1. The maximum atomic E-state index is 9.80. The average molecular weight is 243 g/mol. The highest BCUT2D eigenvalue weighted by atomic mass is 35.5. The number of benzene rings is 1. The summed E-state index contributed by atoms with van der Waals surface area (Å²) in [6.07, 6.45) is 0.170. The molecule has 1 aromatic rings. The molecule has 1 rings (SSSR count). The van der Waals surface area contributed by atoms with Crippen LogP contribution in [0.4, 0.5) is 0 Å². The molecule has 0 aliphatic heterocycles. The van der Waals surface area contributed by atoms with E-state index < -0.39 is 6.04 Å². The van der Waals surface area contributed by atoms with Crippen LogP contribution in [-0.4, -0.2) is 11.7 Å². The minimum atomic E-state index is -0.476. The molecule has 0 saturated carbocycles. The zero-order valence-electron chi connectivity index (χ0n) is 9.01. The van der Waals surface area contributed by atoms with Crippen LogP contribution in [0.5, 0.6) is 11.5 Å². The fraction of sp³-hybridized carbons (Fsp3) is 0.364. The summed E-state index contributed by atoms with van der Waals surface area (Å²) in [4.78, 5) is 0. The van der Waals surface area contributed by atoms with Crippen molar-refractivity contribution in [3.05, 3.63) is 23.8 Å². The van der Waals surface area contributed by atoms with E-state index in [2.05, 4.69) is 0 Å². The van der Waals surface area contributed by atoms with E-state index in [-0.39, 0.29) is 24.6 Å². The van der Waals surface area contributed by atoms with E-state index in [9.17, 15) is 5.11 Å². The number of hydrogen-bond acceptors (Lipinski definition) is 4. The number of aromatic hydroxyl groups is 1. The predicted molar refractivity (Wildman–Crippen MR) is 63.7 cm³/mol. The van der Waals surface area contributed by atoms with Gasteiger partial charge in [0.2, 0.25) is 0 Å². The van der Waals surface area contributed by atoms with Gasteiger partial charge in [-0.25, -0.2) is 0 Å². The van der Waals surface area contributed by atoms with Gasteiger partial charge >= 0.3 is 0 Å². The fourth-order valence-corrected chi connectivity index (χ4v) is 1.32. The molecule has 0 heterocycles. The normalized spacial score (nSPS) is 11.1. The second-order valence-corrected chi connectivity index (χ2v) is 3.10. The fourth-order valence-electron chi connectivity index (χ4n) is 1.32. The Kier molecular flexibility index (Phi) is 6.31. The van der Waals surface area contributed by atoms with Crippen molar-refractivity contribution in [2.45, 2.75) is 19.4 Å². The van der Waals surface area contributed by atoms with Crippen LogP contribution in [0.1, 0.15) is 24.9 Å². The highest BCUT2D eigenvalue weighted by molar-refractivity contribution is 5.85. The summed E-state index contributed by atoms with van der Waals surface area (Å²) in [5, 5.41) is 18.3. The first-order chi connectivity index (χ1) is 7.20. The van der Waals surface area contributed by atoms with Crippen LogP contribution in [0.15, 0.2) is 18.2 Å². The summed E-state index contributed by atoms with van der Waals surface area (Å²) in [6, 6.07) is 6.60. The number of halogens is 1. The van der Waals surface area contributed by atoms with E-state index in [1.54, 1.807) is 18.2 Å². The van der Waals surface area contributed by atoms with Crippen molar-refractivity contribution in [3.63, 3.8) is 0 Å². The van der Waals surface area contributed by atoms with Crippen molar-refractivity contribution >= 4 is 12.4 Å². The average Bonchev–Trinajstić information content (AvgIpc) is 2.22. The summed E-state index contributed by atoms with van der Waals surface area (Å²) in [5.74, 6) is 0.436. The molecule has 0 aliphatic carbocycles. The first-order valence-corrected chi connectivity index (χ1v) is 4.77. The van der Waals surface area contributed by atoms with Crippen LogP contribution in [0.3, 0.4) is 0 Å². The molecule has 0 amide bonds. The SMILES string of the molecule is CCOc1cccc([C@@H](N)CC#N)c1O.Cl. The Morgan fingerprint density at radius 3 is 2.81 bits per heavy atom. The lowest BCUT2D eigenvalue weighted by atomic mass is 10.0. The summed E-state index contributed by atoms with van der Waals surface area (Å²) in [6.45, 7) is 2.31. The van der Waals surface area contributed by atoms with Crippen LogP contribution in [0.25, 0.3) is 0 Å². The molecule has 0 aromatic heterocycles. The molecule has 4 nitrogen and oxygen atoms in total. The number of phenolic OH excluding ortho intramolecular Hbond substituents is 1. The molecule has 0 saturated heterocycles. The molecule has 16 heavy (non-hydrogen) atoms. The van der Waals surface area contributed by atoms with Crippen LogP contribution >= 0.6 is 12.4 Å². The van der Waals surface area contributed by atoms with Gasteiger partial charge < -0.3 is 15.6 Å². The van der Waals surface area contributed by atoms with Gasteiger partial charge in [-0.2, -0.15) is 5.26 Å². The van der Waals surface area contributed by atoms with Crippen molar-refractivity contribution in [1.82, 2.24) is 0 Å². The largest absolute Gasteiger partial charge is 0.504 e. The van der Waals surface area contributed by atoms with Gasteiger partial charge in [0.1, 0.15) is 0 Å². The number of hydrogen-bond donors (Lipinski definition) is 2. The Morgan fingerprint density at radius 1 is 1.56 bits per heavy atom. The highest BCUT2D eigenvalue weighted by Crippen LogP contribution is 2.33. The third kappa shape index (κ3) is 3.30. The zero-order chi connectivity index (χ0) is 11.3. The smallest absolute Gasteiger partial charge is 0.162 e. The van der Waals surface area contributed by atoms with E-state index in [0.29, 0.717) is 17.9 Å².